The van der Waals surface area contributed by atoms with E-state index >= 15 is 0 Å². The van der Waals surface area contributed by atoms with Crippen LogP contribution in [-0.2, 0) is 4.79 Å². The van der Waals surface area contributed by atoms with Crippen LogP contribution in [0.15, 0.2) is 66.1 Å². The number of para-hydroxylation sites is 1. The average Bonchev–Trinajstić information content (AvgIpc) is 2.95. The Bertz CT molecular complexity index is 912. The van der Waals surface area contributed by atoms with Crippen LogP contribution in [0.1, 0.15) is 5.56 Å². The monoisotopic (exact) mass is 431 g/mol. The fourth-order valence-electron chi connectivity index (χ4n) is 2.47. The molecule has 1 saturated heterocycles. The smallest absolute Gasteiger partial charge is 0.266 e. The Morgan fingerprint density at radius 2 is 1.82 bits per heavy atom. The summed E-state index contributed by atoms with van der Waals surface area (Å²) in [6.45, 7) is 4.85. The summed E-state index contributed by atoms with van der Waals surface area (Å²) in [5, 5.41) is 0.574. The predicted octanol–water partition coefficient (Wildman–Crippen LogP) is 5.19. The third kappa shape index (κ3) is 5.16. The summed E-state index contributed by atoms with van der Waals surface area (Å²) < 4.78 is 11.8. The second-order valence-electron chi connectivity index (χ2n) is 5.78. The molecule has 1 fully saturated rings. The van der Waals surface area contributed by atoms with Crippen LogP contribution in [0.5, 0.6) is 11.5 Å². The summed E-state index contributed by atoms with van der Waals surface area (Å²) in [5.41, 5.74) is 0.902. The van der Waals surface area contributed by atoms with Crippen molar-refractivity contribution in [2.24, 2.45) is 0 Å². The lowest BCUT2D eigenvalue weighted by Crippen LogP contribution is -2.27. The second kappa shape index (κ2) is 9.78. The molecule has 0 radical (unpaired) electrons. The molecular weight excluding hydrogens is 414 g/mol. The lowest BCUT2D eigenvalue weighted by molar-refractivity contribution is -0.121. The first-order valence-electron chi connectivity index (χ1n) is 8.55. The highest BCUT2D eigenvalue weighted by molar-refractivity contribution is 8.26. The number of benzene rings is 2. The minimum Gasteiger partial charge on any atom is -0.490 e. The predicted molar refractivity (Wildman–Crippen MR) is 119 cm³/mol. The van der Waals surface area contributed by atoms with Crippen molar-refractivity contribution in [3.8, 4) is 11.5 Å². The van der Waals surface area contributed by atoms with E-state index in [0.717, 1.165) is 11.3 Å². The minimum atomic E-state index is -0.0908. The number of carbonyl (C=O) groups is 1. The molecule has 1 aliphatic rings. The van der Waals surface area contributed by atoms with Gasteiger partial charge in [0.05, 0.1) is 9.93 Å². The van der Waals surface area contributed by atoms with Gasteiger partial charge in [-0.05, 0) is 35.9 Å². The van der Waals surface area contributed by atoms with Crippen molar-refractivity contribution in [1.82, 2.24) is 4.90 Å². The minimum absolute atomic E-state index is 0.0908. The first-order chi connectivity index (χ1) is 13.6. The largest absolute Gasteiger partial charge is 0.490 e. The van der Waals surface area contributed by atoms with Gasteiger partial charge < -0.3 is 9.47 Å². The van der Waals surface area contributed by atoms with E-state index in [-0.39, 0.29) is 5.91 Å². The van der Waals surface area contributed by atoms with Gasteiger partial charge in [0.2, 0.25) is 0 Å². The summed E-state index contributed by atoms with van der Waals surface area (Å²) >= 11 is 12.6. The Balaban J connectivity index is 1.52. The molecule has 1 amide bonds. The molecular formula is C21H18ClNO3S2. The van der Waals surface area contributed by atoms with Crippen molar-refractivity contribution in [2.75, 3.05) is 19.8 Å². The number of carbonyl (C=O) groups excluding carboxylic acids is 1. The molecule has 0 unspecified atom stereocenters. The fraction of sp³-hybridized carbons (Fsp3) is 0.143. The number of rotatable bonds is 8. The zero-order valence-corrected chi connectivity index (χ0v) is 17.4. The van der Waals surface area contributed by atoms with Crippen LogP contribution in [0.4, 0.5) is 0 Å². The molecule has 0 bridgehead atoms. The van der Waals surface area contributed by atoms with E-state index in [4.69, 9.17) is 33.3 Å². The van der Waals surface area contributed by atoms with Crippen molar-refractivity contribution < 1.29 is 14.3 Å². The summed E-state index contributed by atoms with van der Waals surface area (Å²) in [5.74, 6) is 1.27. The van der Waals surface area contributed by atoms with Gasteiger partial charge >= 0.3 is 0 Å². The van der Waals surface area contributed by atoms with Crippen LogP contribution in [0.25, 0.3) is 6.08 Å². The SMILES string of the molecule is C=CCN1C(=O)C(=Cc2ccc(OCCOc3ccccc3Cl)cc2)SC1=S. The number of amides is 1. The van der Waals surface area contributed by atoms with Gasteiger partial charge in [0.25, 0.3) is 5.91 Å². The van der Waals surface area contributed by atoms with Crippen LogP contribution in [0, 0.1) is 0 Å². The van der Waals surface area contributed by atoms with Gasteiger partial charge in [0.1, 0.15) is 29.0 Å². The molecule has 0 aromatic heterocycles. The lowest BCUT2D eigenvalue weighted by atomic mass is 10.2. The number of hydrogen-bond donors (Lipinski definition) is 0. The molecule has 0 N–H and O–H groups in total. The Morgan fingerprint density at radius 1 is 1.11 bits per heavy atom. The molecule has 4 nitrogen and oxygen atoms in total. The van der Waals surface area contributed by atoms with Crippen LogP contribution >= 0.6 is 35.6 Å². The van der Waals surface area contributed by atoms with Gasteiger partial charge in [-0.15, -0.1) is 6.58 Å². The van der Waals surface area contributed by atoms with Crippen molar-refractivity contribution in [2.45, 2.75) is 0 Å². The molecule has 0 spiro atoms. The van der Waals surface area contributed by atoms with E-state index in [2.05, 4.69) is 6.58 Å². The van der Waals surface area contributed by atoms with Gasteiger partial charge in [0, 0.05) is 6.54 Å². The number of ether oxygens (including phenoxy) is 2. The Morgan fingerprint density at radius 3 is 2.54 bits per heavy atom. The highest BCUT2D eigenvalue weighted by atomic mass is 35.5. The maximum Gasteiger partial charge on any atom is 0.266 e. The maximum absolute atomic E-state index is 12.3. The Labute approximate surface area is 178 Å². The van der Waals surface area contributed by atoms with E-state index in [1.54, 1.807) is 12.1 Å². The zero-order valence-electron chi connectivity index (χ0n) is 15.0. The standard InChI is InChI=1S/C21H18ClNO3S2/c1-2-11-23-20(24)19(28-21(23)27)14-15-7-9-16(10-8-15)25-12-13-26-18-6-4-3-5-17(18)22/h2-10,14H,1,11-13H2. The number of halogens is 1. The maximum atomic E-state index is 12.3. The summed E-state index contributed by atoms with van der Waals surface area (Å²) in [7, 11) is 0. The second-order valence-corrected chi connectivity index (χ2v) is 7.86. The highest BCUT2D eigenvalue weighted by Gasteiger charge is 2.30. The Kier molecular flexibility index (Phi) is 7.14. The van der Waals surface area contributed by atoms with E-state index in [9.17, 15) is 4.79 Å². The first kappa shape index (κ1) is 20.5. The quantitative estimate of drug-likeness (QED) is 0.249. The zero-order chi connectivity index (χ0) is 19.9. The Hall–Kier alpha value is -2.28. The number of thioether (sulfide) groups is 1. The van der Waals surface area contributed by atoms with E-state index in [0.29, 0.717) is 39.8 Å². The molecule has 0 atom stereocenters. The van der Waals surface area contributed by atoms with Gasteiger partial charge in [-0.25, -0.2) is 0 Å². The molecule has 2 aromatic carbocycles. The normalized spacial score (nSPS) is 15.2. The van der Waals surface area contributed by atoms with E-state index in [1.165, 1.54) is 16.7 Å². The van der Waals surface area contributed by atoms with Gasteiger partial charge in [-0.2, -0.15) is 0 Å². The highest BCUT2D eigenvalue weighted by Crippen LogP contribution is 2.32. The van der Waals surface area contributed by atoms with Gasteiger partial charge in [-0.1, -0.05) is 65.9 Å². The third-order valence-corrected chi connectivity index (χ3v) is 5.50. The molecule has 2 aromatic rings. The number of hydrogen-bond acceptors (Lipinski definition) is 5. The van der Waals surface area contributed by atoms with E-state index < -0.39 is 0 Å². The van der Waals surface area contributed by atoms with Crippen LogP contribution in [0.2, 0.25) is 5.02 Å². The summed E-state index contributed by atoms with van der Waals surface area (Å²) in [6, 6.07) is 14.8. The average molecular weight is 432 g/mol. The fourth-order valence-corrected chi connectivity index (χ4v) is 3.94. The van der Waals surface area contributed by atoms with Crippen LogP contribution in [-0.4, -0.2) is 34.9 Å². The number of thiocarbonyl (C=S) groups is 1. The van der Waals surface area contributed by atoms with Crippen molar-refractivity contribution >= 4 is 51.9 Å². The molecule has 0 saturated carbocycles. The molecule has 0 aliphatic carbocycles. The van der Waals surface area contributed by atoms with Crippen molar-refractivity contribution in [3.63, 3.8) is 0 Å². The molecule has 3 rings (SSSR count). The summed E-state index contributed by atoms with van der Waals surface area (Å²) in [4.78, 5) is 14.5. The van der Waals surface area contributed by atoms with Crippen molar-refractivity contribution in [3.05, 3.63) is 76.7 Å². The molecule has 1 aliphatic heterocycles. The van der Waals surface area contributed by atoms with Gasteiger partial charge in [0.15, 0.2) is 0 Å². The molecule has 144 valence electrons. The van der Waals surface area contributed by atoms with Crippen LogP contribution < -0.4 is 9.47 Å². The lowest BCUT2D eigenvalue weighted by Gasteiger charge is -2.10. The molecule has 1 heterocycles. The topological polar surface area (TPSA) is 38.8 Å². The van der Waals surface area contributed by atoms with Crippen molar-refractivity contribution in [1.29, 1.82) is 0 Å². The van der Waals surface area contributed by atoms with Gasteiger partial charge in [-0.3, -0.25) is 9.69 Å². The number of nitrogens with zero attached hydrogens (tertiary/aromatic N) is 1. The molecule has 7 heteroatoms. The van der Waals surface area contributed by atoms with Crippen LogP contribution in [0.3, 0.4) is 0 Å². The summed E-state index contributed by atoms with van der Waals surface area (Å²) in [6.07, 6.45) is 3.49. The third-order valence-electron chi connectivity index (χ3n) is 3.81. The molecule has 28 heavy (non-hydrogen) atoms. The first-order valence-corrected chi connectivity index (χ1v) is 10.1. The van der Waals surface area contributed by atoms with E-state index in [1.807, 2.05) is 48.5 Å².